The third-order valence-electron chi connectivity index (χ3n) is 5.23. The van der Waals surface area contributed by atoms with Crippen molar-refractivity contribution >= 4 is 39.3 Å². The van der Waals surface area contributed by atoms with E-state index in [1.54, 1.807) is 7.05 Å². The average molecular weight is 418 g/mol. The van der Waals surface area contributed by atoms with E-state index in [1.165, 1.54) is 6.26 Å². The summed E-state index contributed by atoms with van der Waals surface area (Å²) >= 11 is 0. The van der Waals surface area contributed by atoms with Gasteiger partial charge in [0.2, 0.25) is 0 Å². The summed E-state index contributed by atoms with van der Waals surface area (Å²) in [6.45, 7) is 7.87. The number of hydrogen-bond donors (Lipinski definition) is 3. The number of furan rings is 1. The molecule has 6 heteroatoms. The quantitative estimate of drug-likeness (QED) is 0.574. The Kier molecular flexibility index (Phi) is 5.09. The van der Waals surface area contributed by atoms with Crippen molar-refractivity contribution in [2.45, 2.75) is 39.7 Å². The Morgan fingerprint density at radius 2 is 1.90 bits per heavy atom. The van der Waals surface area contributed by atoms with Gasteiger partial charge < -0.3 is 20.0 Å². The molecule has 1 aliphatic carbocycles. The second kappa shape index (κ2) is 7.61. The van der Waals surface area contributed by atoms with Crippen molar-refractivity contribution in [3.8, 4) is 0 Å². The number of aromatic nitrogens is 1. The molecule has 2 amide bonds. The highest BCUT2D eigenvalue weighted by atomic mass is 16.3. The van der Waals surface area contributed by atoms with Crippen molar-refractivity contribution in [3.05, 3.63) is 65.1 Å². The van der Waals surface area contributed by atoms with Crippen LogP contribution in [0.5, 0.6) is 0 Å². The minimum Gasteiger partial charge on any atom is -0.463 e. The lowest BCUT2D eigenvalue weighted by molar-refractivity contribution is -0.118. The molecule has 0 aliphatic heterocycles. The van der Waals surface area contributed by atoms with Crippen molar-refractivity contribution in [3.63, 3.8) is 0 Å². The monoisotopic (exact) mass is 417 g/mol. The highest BCUT2D eigenvalue weighted by molar-refractivity contribution is 6.15. The number of rotatable bonds is 3. The maximum atomic E-state index is 12.8. The van der Waals surface area contributed by atoms with Gasteiger partial charge in [0.25, 0.3) is 11.8 Å². The van der Waals surface area contributed by atoms with E-state index in [4.69, 9.17) is 4.42 Å². The number of allylic oxidation sites excluding steroid dienone is 4. The molecule has 3 aromatic rings. The molecule has 2 aromatic heterocycles. The molecule has 0 radical (unpaired) electrons. The van der Waals surface area contributed by atoms with E-state index < -0.39 is 0 Å². The first-order chi connectivity index (χ1) is 14.7. The van der Waals surface area contributed by atoms with Gasteiger partial charge in [0, 0.05) is 40.2 Å². The normalized spacial score (nSPS) is 14.4. The van der Waals surface area contributed by atoms with Crippen LogP contribution >= 0.6 is 0 Å². The lowest BCUT2D eigenvalue weighted by atomic mass is 9.95. The van der Waals surface area contributed by atoms with E-state index in [2.05, 4.69) is 15.6 Å². The zero-order valence-corrected chi connectivity index (χ0v) is 18.5. The van der Waals surface area contributed by atoms with Gasteiger partial charge in [0.1, 0.15) is 11.8 Å². The fraction of sp³-hybridized carbons (Fsp3) is 0.280. The Hall–Kier alpha value is -3.54. The van der Waals surface area contributed by atoms with Gasteiger partial charge in [-0.3, -0.25) is 9.59 Å². The molecule has 0 atom stereocenters. The number of carbonyl (C=O) groups is 2. The molecule has 4 rings (SSSR count). The molecule has 2 heterocycles. The van der Waals surface area contributed by atoms with Crippen molar-refractivity contribution in [2.24, 2.45) is 0 Å². The zero-order valence-electron chi connectivity index (χ0n) is 18.5. The first-order valence-electron chi connectivity index (χ1n) is 10.3. The van der Waals surface area contributed by atoms with Crippen LogP contribution < -0.4 is 10.6 Å². The van der Waals surface area contributed by atoms with Crippen LogP contribution in [0.1, 0.15) is 48.8 Å². The van der Waals surface area contributed by atoms with Crippen LogP contribution in [0.25, 0.3) is 27.4 Å². The summed E-state index contributed by atoms with van der Waals surface area (Å²) in [5.74, 6) is -0.318. The molecule has 1 aliphatic rings. The Labute approximate surface area is 181 Å². The largest absolute Gasteiger partial charge is 0.463 e. The Bertz CT molecular complexity index is 1290. The summed E-state index contributed by atoms with van der Waals surface area (Å²) < 4.78 is 5.79. The van der Waals surface area contributed by atoms with Gasteiger partial charge in [0.05, 0.1) is 11.1 Å². The Balaban J connectivity index is 1.91. The summed E-state index contributed by atoms with van der Waals surface area (Å²) in [6.07, 6.45) is 9.86. The van der Waals surface area contributed by atoms with Crippen LogP contribution in [-0.2, 0) is 4.79 Å². The summed E-state index contributed by atoms with van der Waals surface area (Å²) in [5.41, 5.74) is 5.29. The van der Waals surface area contributed by atoms with Gasteiger partial charge in [-0.15, -0.1) is 0 Å². The second-order valence-corrected chi connectivity index (χ2v) is 8.90. The lowest BCUT2D eigenvalue weighted by Gasteiger charge is -2.21. The van der Waals surface area contributed by atoms with Gasteiger partial charge in [0.15, 0.2) is 0 Å². The van der Waals surface area contributed by atoms with Gasteiger partial charge in [-0.1, -0.05) is 12.2 Å². The summed E-state index contributed by atoms with van der Waals surface area (Å²) in [5, 5.41) is 7.36. The zero-order chi connectivity index (χ0) is 22.3. The van der Waals surface area contributed by atoms with Gasteiger partial charge in [-0.2, -0.15) is 0 Å². The van der Waals surface area contributed by atoms with E-state index in [0.29, 0.717) is 23.1 Å². The summed E-state index contributed by atoms with van der Waals surface area (Å²) in [7, 11) is 1.60. The SMILES string of the molecule is CNC(=O)c1coc2c1cc(C1=CC(C(=O)NC(C)(C)C)=CC=CC1)c1[nH]c(C)cc12. The molecule has 0 bridgehead atoms. The standard InChI is InChI=1S/C25H27N3O3/c1-14-10-19-21(27-14)17(12-18-20(24(30)26-5)13-31-22(18)19)15-8-6-7-9-16(11-15)23(29)28-25(2,3)4/h6-7,9-13,27H,8H2,1-5H3,(H,26,30)(H,28,29). The molecule has 0 saturated carbocycles. The number of hydrogen-bond acceptors (Lipinski definition) is 3. The van der Waals surface area contributed by atoms with Crippen molar-refractivity contribution < 1.29 is 14.0 Å². The molecule has 0 unspecified atom stereocenters. The molecule has 31 heavy (non-hydrogen) atoms. The van der Waals surface area contributed by atoms with Crippen LogP contribution in [0.2, 0.25) is 0 Å². The van der Waals surface area contributed by atoms with E-state index in [0.717, 1.165) is 33.1 Å². The van der Waals surface area contributed by atoms with Crippen molar-refractivity contribution in [1.29, 1.82) is 0 Å². The predicted octanol–water partition coefficient (Wildman–Crippen LogP) is 4.77. The third kappa shape index (κ3) is 3.93. The molecule has 3 N–H and O–H groups in total. The van der Waals surface area contributed by atoms with Crippen molar-refractivity contribution in [1.82, 2.24) is 15.6 Å². The number of H-pyrrole nitrogens is 1. The predicted molar refractivity (Wildman–Crippen MR) is 124 cm³/mol. The molecular formula is C25H27N3O3. The van der Waals surface area contributed by atoms with E-state index in [9.17, 15) is 9.59 Å². The Morgan fingerprint density at radius 1 is 1.13 bits per heavy atom. The van der Waals surface area contributed by atoms with Gasteiger partial charge in [-0.25, -0.2) is 0 Å². The number of aryl methyl sites for hydroxylation is 1. The van der Waals surface area contributed by atoms with E-state index in [-0.39, 0.29) is 17.4 Å². The lowest BCUT2D eigenvalue weighted by Crippen LogP contribution is -2.41. The minimum atomic E-state index is -0.329. The molecule has 0 saturated heterocycles. The number of benzene rings is 1. The van der Waals surface area contributed by atoms with Crippen LogP contribution in [0.4, 0.5) is 0 Å². The number of nitrogens with one attached hydrogen (secondary N) is 3. The maximum absolute atomic E-state index is 12.8. The van der Waals surface area contributed by atoms with Crippen LogP contribution in [-0.4, -0.2) is 29.4 Å². The van der Waals surface area contributed by atoms with E-state index >= 15 is 0 Å². The fourth-order valence-electron chi connectivity index (χ4n) is 3.88. The number of amides is 2. The van der Waals surface area contributed by atoms with Crippen molar-refractivity contribution in [2.75, 3.05) is 7.05 Å². The second-order valence-electron chi connectivity index (χ2n) is 8.90. The van der Waals surface area contributed by atoms with E-state index in [1.807, 2.05) is 64.1 Å². The average Bonchev–Trinajstić information content (AvgIpc) is 3.20. The molecule has 0 spiro atoms. The summed E-state index contributed by atoms with van der Waals surface area (Å²) in [6, 6.07) is 4.00. The highest BCUT2D eigenvalue weighted by Crippen LogP contribution is 2.37. The maximum Gasteiger partial charge on any atom is 0.254 e. The molecule has 160 valence electrons. The van der Waals surface area contributed by atoms with Gasteiger partial charge in [-0.05, 0) is 64.0 Å². The molecule has 1 aromatic carbocycles. The highest BCUT2D eigenvalue weighted by Gasteiger charge is 2.22. The number of fused-ring (bicyclic) bond motifs is 3. The first kappa shape index (κ1) is 20.7. The summed E-state index contributed by atoms with van der Waals surface area (Å²) in [4.78, 5) is 28.6. The minimum absolute atomic E-state index is 0.120. The number of aromatic amines is 1. The molecular weight excluding hydrogens is 390 g/mol. The fourth-order valence-corrected chi connectivity index (χ4v) is 3.88. The first-order valence-corrected chi connectivity index (χ1v) is 10.3. The Morgan fingerprint density at radius 3 is 2.61 bits per heavy atom. The van der Waals surface area contributed by atoms with Crippen LogP contribution in [0.15, 0.2) is 52.7 Å². The van der Waals surface area contributed by atoms with Gasteiger partial charge >= 0.3 is 0 Å². The molecule has 0 fully saturated rings. The third-order valence-corrected chi connectivity index (χ3v) is 5.23. The number of carbonyl (C=O) groups excluding carboxylic acids is 2. The smallest absolute Gasteiger partial charge is 0.254 e. The topological polar surface area (TPSA) is 87.1 Å². The molecule has 6 nitrogen and oxygen atoms in total. The van der Waals surface area contributed by atoms with Crippen LogP contribution in [0.3, 0.4) is 0 Å². The van der Waals surface area contributed by atoms with Crippen LogP contribution in [0, 0.1) is 6.92 Å².